The summed E-state index contributed by atoms with van der Waals surface area (Å²) in [4.78, 5) is 24.5. The zero-order chi connectivity index (χ0) is 18.8. The van der Waals surface area contributed by atoms with Crippen LogP contribution in [0.5, 0.6) is 5.75 Å². The van der Waals surface area contributed by atoms with Gasteiger partial charge in [-0.05, 0) is 24.3 Å². The summed E-state index contributed by atoms with van der Waals surface area (Å²) in [6, 6.07) is 12.1. The summed E-state index contributed by atoms with van der Waals surface area (Å²) in [5.74, 6) is -0.660. The summed E-state index contributed by atoms with van der Waals surface area (Å²) >= 11 is 6.24. The van der Waals surface area contributed by atoms with Crippen molar-refractivity contribution in [3.8, 4) is 11.8 Å². The minimum atomic E-state index is -0.592. The topological polar surface area (TPSA) is 107 Å². The highest BCUT2D eigenvalue weighted by Gasteiger charge is 2.34. The molecule has 1 heterocycles. The molecule has 1 saturated heterocycles. The van der Waals surface area contributed by atoms with Crippen molar-refractivity contribution in [3.63, 3.8) is 0 Å². The van der Waals surface area contributed by atoms with Gasteiger partial charge in [0.1, 0.15) is 11.8 Å². The number of nitro groups is 1. The number of nitrogens with zero attached hydrogens (tertiary/aromatic N) is 3. The van der Waals surface area contributed by atoms with E-state index >= 15 is 0 Å². The predicted molar refractivity (Wildman–Crippen MR) is 102 cm³/mol. The van der Waals surface area contributed by atoms with Crippen LogP contribution in [0.1, 0.15) is 11.1 Å². The number of benzene rings is 2. The number of hydrogen-bond acceptors (Lipinski definition) is 7. The molecular weight excluding hydrogens is 374 g/mol. The van der Waals surface area contributed by atoms with Gasteiger partial charge < -0.3 is 5.11 Å². The highest BCUT2D eigenvalue weighted by molar-refractivity contribution is 8.27. The molecule has 0 atom stereocenters. The van der Waals surface area contributed by atoms with Crippen molar-refractivity contribution in [1.29, 1.82) is 5.26 Å². The van der Waals surface area contributed by atoms with Crippen molar-refractivity contribution in [3.05, 3.63) is 68.6 Å². The van der Waals surface area contributed by atoms with E-state index < -0.39 is 10.8 Å². The molecule has 1 aliphatic heterocycles. The van der Waals surface area contributed by atoms with Gasteiger partial charge >= 0.3 is 0 Å². The molecular formula is C17H9N3O4S2. The van der Waals surface area contributed by atoms with Crippen molar-refractivity contribution in [2.75, 3.05) is 4.90 Å². The Balaban J connectivity index is 2.02. The normalized spacial score (nSPS) is 15.3. The number of anilines is 1. The van der Waals surface area contributed by atoms with E-state index in [1.165, 1.54) is 29.2 Å². The average molecular weight is 383 g/mol. The van der Waals surface area contributed by atoms with Gasteiger partial charge in [-0.25, -0.2) is 0 Å². The van der Waals surface area contributed by atoms with Crippen LogP contribution >= 0.6 is 24.0 Å². The number of hydrogen-bond donors (Lipinski definition) is 1. The van der Waals surface area contributed by atoms with E-state index in [2.05, 4.69) is 0 Å². The van der Waals surface area contributed by atoms with Crippen LogP contribution in [0.25, 0.3) is 6.08 Å². The second-order valence-corrected chi connectivity index (χ2v) is 6.82. The van der Waals surface area contributed by atoms with Gasteiger partial charge in [0.2, 0.25) is 0 Å². The molecule has 9 heteroatoms. The van der Waals surface area contributed by atoms with Crippen molar-refractivity contribution < 1.29 is 14.8 Å². The van der Waals surface area contributed by atoms with Crippen molar-refractivity contribution in [1.82, 2.24) is 0 Å². The molecule has 0 spiro atoms. The van der Waals surface area contributed by atoms with Gasteiger partial charge in [-0.3, -0.25) is 19.8 Å². The largest absolute Gasteiger partial charge is 0.507 e. The summed E-state index contributed by atoms with van der Waals surface area (Å²) in [6.45, 7) is 0. The van der Waals surface area contributed by atoms with E-state index in [1.807, 2.05) is 6.07 Å². The van der Waals surface area contributed by atoms with Gasteiger partial charge in [-0.15, -0.1) is 0 Å². The Labute approximate surface area is 157 Å². The molecule has 0 bridgehead atoms. The van der Waals surface area contributed by atoms with E-state index in [4.69, 9.17) is 12.2 Å². The number of amides is 1. The Morgan fingerprint density at radius 3 is 2.73 bits per heavy atom. The molecule has 26 heavy (non-hydrogen) atoms. The van der Waals surface area contributed by atoms with Gasteiger partial charge in [0, 0.05) is 17.7 Å². The van der Waals surface area contributed by atoms with Crippen LogP contribution in [-0.4, -0.2) is 20.3 Å². The zero-order valence-electron chi connectivity index (χ0n) is 12.9. The first-order valence-electron chi connectivity index (χ1n) is 7.17. The minimum Gasteiger partial charge on any atom is -0.507 e. The molecule has 0 saturated carbocycles. The Hall–Kier alpha value is -3.22. The molecule has 1 aliphatic rings. The first-order chi connectivity index (χ1) is 12.4. The number of phenolic OH excluding ortho intramolecular Hbond substituents is 1. The molecule has 3 rings (SSSR count). The van der Waals surface area contributed by atoms with Crippen molar-refractivity contribution >= 4 is 51.7 Å². The first kappa shape index (κ1) is 17.6. The molecule has 7 nitrogen and oxygen atoms in total. The van der Waals surface area contributed by atoms with Crippen LogP contribution in [0, 0.1) is 21.4 Å². The molecule has 1 fully saturated rings. The van der Waals surface area contributed by atoms with E-state index in [-0.39, 0.29) is 26.2 Å². The van der Waals surface area contributed by atoms with Gasteiger partial charge in [0.05, 0.1) is 21.1 Å². The van der Waals surface area contributed by atoms with Crippen LogP contribution < -0.4 is 4.90 Å². The Kier molecular flexibility index (Phi) is 4.71. The lowest BCUT2D eigenvalue weighted by atomic mass is 10.1. The lowest BCUT2D eigenvalue weighted by molar-refractivity contribution is -0.384. The number of aromatic hydroxyl groups is 1. The number of thioether (sulfide) groups is 1. The molecule has 0 aliphatic carbocycles. The summed E-state index contributed by atoms with van der Waals surface area (Å²) in [6.07, 6.45) is 1.34. The highest BCUT2D eigenvalue weighted by Crippen LogP contribution is 2.38. The molecule has 2 aromatic carbocycles. The Bertz CT molecular complexity index is 1030. The molecule has 1 amide bonds. The van der Waals surface area contributed by atoms with Crippen LogP contribution in [0.4, 0.5) is 11.4 Å². The number of nitriles is 1. The lowest BCUT2D eigenvalue weighted by Gasteiger charge is -2.15. The predicted octanol–water partition coefficient (Wildman–Crippen LogP) is 3.58. The van der Waals surface area contributed by atoms with Crippen molar-refractivity contribution in [2.45, 2.75) is 0 Å². The third-order valence-corrected chi connectivity index (χ3v) is 4.87. The number of phenols is 1. The average Bonchev–Trinajstić information content (AvgIpc) is 2.90. The summed E-state index contributed by atoms with van der Waals surface area (Å²) < 4.78 is 0.230. The summed E-state index contributed by atoms with van der Waals surface area (Å²) in [7, 11) is 0. The number of thiocarbonyl (C=S) groups is 1. The molecule has 1 N–H and O–H groups in total. The maximum atomic E-state index is 12.7. The van der Waals surface area contributed by atoms with Gasteiger partial charge in [0.15, 0.2) is 4.32 Å². The number of para-hydroxylation sites is 1. The maximum Gasteiger partial charge on any atom is 0.270 e. The van der Waals surface area contributed by atoms with Crippen LogP contribution in [0.2, 0.25) is 0 Å². The number of carbonyl (C=O) groups excluding carboxylic acids is 1. The molecule has 2 aromatic rings. The smallest absolute Gasteiger partial charge is 0.270 e. The highest BCUT2D eigenvalue weighted by atomic mass is 32.2. The summed E-state index contributed by atoms with van der Waals surface area (Å²) in [5, 5.41) is 30.0. The fraction of sp³-hybridized carbons (Fsp3) is 0. The van der Waals surface area contributed by atoms with Crippen LogP contribution in [-0.2, 0) is 4.79 Å². The van der Waals surface area contributed by atoms with E-state index in [9.17, 15) is 25.3 Å². The number of carbonyl (C=O) groups is 1. The van der Waals surface area contributed by atoms with Gasteiger partial charge in [-0.1, -0.05) is 36.1 Å². The quantitative estimate of drug-likeness (QED) is 0.373. The fourth-order valence-corrected chi connectivity index (χ4v) is 3.63. The molecule has 0 unspecified atom stereocenters. The summed E-state index contributed by atoms with van der Waals surface area (Å²) in [5.41, 5.74) is 0.583. The third-order valence-electron chi connectivity index (χ3n) is 3.57. The van der Waals surface area contributed by atoms with E-state index in [0.29, 0.717) is 11.3 Å². The maximum absolute atomic E-state index is 12.7. The lowest BCUT2D eigenvalue weighted by Crippen LogP contribution is -2.28. The first-order valence-corrected chi connectivity index (χ1v) is 8.39. The van der Waals surface area contributed by atoms with E-state index in [1.54, 1.807) is 24.3 Å². The monoisotopic (exact) mass is 383 g/mol. The van der Waals surface area contributed by atoms with Crippen molar-refractivity contribution in [2.24, 2.45) is 0 Å². The van der Waals surface area contributed by atoms with Crippen LogP contribution in [0.15, 0.2) is 47.4 Å². The second kappa shape index (κ2) is 6.95. The van der Waals surface area contributed by atoms with Gasteiger partial charge in [0.25, 0.3) is 11.6 Å². The third kappa shape index (κ3) is 3.15. The Morgan fingerprint density at radius 1 is 1.31 bits per heavy atom. The van der Waals surface area contributed by atoms with Crippen LogP contribution in [0.3, 0.4) is 0 Å². The number of non-ortho nitro benzene ring substituents is 1. The fourth-order valence-electron chi connectivity index (χ4n) is 2.35. The second-order valence-electron chi connectivity index (χ2n) is 5.15. The number of rotatable bonds is 3. The number of nitro benzene ring substituents is 1. The molecule has 0 aromatic heterocycles. The molecule has 0 radical (unpaired) electrons. The standard InChI is InChI=1S/C17H9N3O4S2/c18-9-10-3-1-2-4-13(10)19-16(22)15(26-17(19)25)8-11-7-12(20(23)24)5-6-14(11)21/h1-8,21H/b15-8-. The SMILES string of the molecule is N#Cc1ccccc1N1C(=O)/C(=C/c2cc([N+](=O)[O-])ccc2O)SC1=S. The minimum absolute atomic E-state index is 0.133. The van der Waals surface area contributed by atoms with E-state index in [0.717, 1.165) is 11.8 Å². The van der Waals surface area contributed by atoms with Gasteiger partial charge in [-0.2, -0.15) is 5.26 Å². The zero-order valence-corrected chi connectivity index (χ0v) is 14.6. The Morgan fingerprint density at radius 2 is 2.04 bits per heavy atom. The molecule has 128 valence electrons.